The number of hydrogen-bond donors (Lipinski definition) is 2. The van der Waals surface area contributed by atoms with Crippen LogP contribution in [0, 0.1) is 5.92 Å². The number of benzene rings is 1. The second kappa shape index (κ2) is 23.6. The van der Waals surface area contributed by atoms with Crippen molar-refractivity contribution in [1.29, 1.82) is 0 Å². The van der Waals surface area contributed by atoms with Crippen LogP contribution < -0.4 is 10.1 Å². The molecular formula is C37H57NO5S. The van der Waals surface area contributed by atoms with E-state index in [-0.39, 0.29) is 23.1 Å². The molecule has 1 aromatic carbocycles. The minimum Gasteiger partial charge on any atom is -0.478 e. The fourth-order valence-electron chi connectivity index (χ4n) is 4.89. The Kier molecular flexibility index (Phi) is 21.0. The van der Waals surface area contributed by atoms with Crippen LogP contribution in [0.25, 0.3) is 0 Å². The molecular weight excluding hydrogens is 570 g/mol. The fourth-order valence-corrected chi connectivity index (χ4v) is 6.23. The van der Waals surface area contributed by atoms with Crippen molar-refractivity contribution in [2.45, 2.75) is 129 Å². The van der Waals surface area contributed by atoms with Crippen LogP contribution in [-0.4, -0.2) is 39.5 Å². The van der Waals surface area contributed by atoms with Gasteiger partial charge in [-0.1, -0.05) is 109 Å². The van der Waals surface area contributed by atoms with Gasteiger partial charge in [0.1, 0.15) is 17.4 Å². The molecule has 7 heteroatoms. The molecule has 44 heavy (non-hydrogen) atoms. The molecule has 0 heterocycles. The number of allylic oxidation sites excluding steroid dienone is 6. The average Bonchev–Trinajstić information content (AvgIpc) is 3.00. The van der Waals surface area contributed by atoms with Gasteiger partial charge in [0.15, 0.2) is 0 Å². The standard InChI is InChI=1S/C37H57NO5S/c1-6-9-10-11-12-13-14-15-16-17-18-19-20-21-22-25-28-44-37(7-2,8-3)36(42)38-32(29-30(4)5)35(41)43-33-27-24-23-26-31(33)34(39)40/h9-10,12-13,15-16,23-24,26-27,30,32H,6-8,11,14,17-22,25,28-29H2,1-5H3,(H,38,42)(H,39,40). The van der Waals surface area contributed by atoms with Gasteiger partial charge in [0, 0.05) is 0 Å². The lowest BCUT2D eigenvalue weighted by Gasteiger charge is -2.32. The highest BCUT2D eigenvalue weighted by atomic mass is 32.2. The summed E-state index contributed by atoms with van der Waals surface area (Å²) >= 11 is 1.69. The molecule has 1 unspecified atom stereocenters. The van der Waals surface area contributed by atoms with Crippen LogP contribution in [0.5, 0.6) is 5.75 Å². The number of carbonyl (C=O) groups excluding carboxylic acids is 2. The summed E-state index contributed by atoms with van der Waals surface area (Å²) in [6, 6.07) is 5.19. The number of carbonyl (C=O) groups is 3. The van der Waals surface area contributed by atoms with Crippen molar-refractivity contribution in [3.05, 3.63) is 66.3 Å². The number of nitrogens with one attached hydrogen (secondary N) is 1. The molecule has 0 spiro atoms. The highest BCUT2D eigenvalue weighted by Gasteiger charge is 2.38. The molecule has 0 radical (unpaired) electrons. The molecule has 0 saturated carbocycles. The number of ether oxygens (including phenoxy) is 1. The van der Waals surface area contributed by atoms with Gasteiger partial charge in [-0.05, 0) is 81.6 Å². The molecule has 0 fully saturated rings. The summed E-state index contributed by atoms with van der Waals surface area (Å²) in [5, 5.41) is 12.4. The Morgan fingerprint density at radius 1 is 0.864 bits per heavy atom. The zero-order valence-electron chi connectivity index (χ0n) is 27.8. The van der Waals surface area contributed by atoms with Crippen molar-refractivity contribution in [2.75, 3.05) is 5.75 Å². The molecule has 1 amide bonds. The van der Waals surface area contributed by atoms with Crippen molar-refractivity contribution in [2.24, 2.45) is 5.92 Å². The third-order valence-electron chi connectivity index (χ3n) is 7.60. The third-order valence-corrected chi connectivity index (χ3v) is 9.41. The topological polar surface area (TPSA) is 92.7 Å². The zero-order chi connectivity index (χ0) is 32.6. The van der Waals surface area contributed by atoms with Gasteiger partial charge in [-0.25, -0.2) is 9.59 Å². The van der Waals surface area contributed by atoms with Crippen LogP contribution in [0.15, 0.2) is 60.7 Å². The van der Waals surface area contributed by atoms with E-state index in [0.29, 0.717) is 19.3 Å². The first-order valence-corrected chi connectivity index (χ1v) is 17.6. The summed E-state index contributed by atoms with van der Waals surface area (Å²) in [6.45, 7) is 10.1. The van der Waals surface area contributed by atoms with Crippen molar-refractivity contribution >= 4 is 29.6 Å². The van der Waals surface area contributed by atoms with E-state index in [1.165, 1.54) is 37.8 Å². The van der Waals surface area contributed by atoms with Crippen molar-refractivity contribution < 1.29 is 24.2 Å². The SMILES string of the molecule is CCC=CCC=CCC=CCCCCCCCCSC(CC)(CC)C(=O)NC(CC(C)C)C(=O)Oc1ccccc1C(=O)O. The highest BCUT2D eigenvalue weighted by Crippen LogP contribution is 2.34. The second-order valence-corrected chi connectivity index (χ2v) is 13.1. The molecule has 0 aliphatic heterocycles. The molecule has 0 aliphatic rings. The van der Waals surface area contributed by atoms with E-state index in [0.717, 1.165) is 44.3 Å². The Morgan fingerprint density at radius 2 is 1.45 bits per heavy atom. The van der Waals surface area contributed by atoms with Crippen molar-refractivity contribution in [1.82, 2.24) is 5.32 Å². The summed E-state index contributed by atoms with van der Waals surface area (Å²) in [4.78, 5) is 38.3. The maximum atomic E-state index is 13.6. The maximum Gasteiger partial charge on any atom is 0.339 e. The van der Waals surface area contributed by atoms with E-state index in [1.807, 2.05) is 27.7 Å². The van der Waals surface area contributed by atoms with Gasteiger partial charge in [-0.3, -0.25) is 4.79 Å². The Labute approximate surface area is 271 Å². The van der Waals surface area contributed by atoms with Crippen LogP contribution in [-0.2, 0) is 9.59 Å². The van der Waals surface area contributed by atoms with Gasteiger partial charge in [-0.2, -0.15) is 0 Å². The molecule has 0 aromatic heterocycles. The van der Waals surface area contributed by atoms with Gasteiger partial charge in [0.2, 0.25) is 5.91 Å². The molecule has 1 rings (SSSR count). The Bertz CT molecular complexity index is 1060. The van der Waals surface area contributed by atoms with Gasteiger partial charge in [-0.15, -0.1) is 11.8 Å². The average molecular weight is 628 g/mol. The van der Waals surface area contributed by atoms with E-state index in [9.17, 15) is 19.5 Å². The normalized spacial score (nSPS) is 12.9. The number of hydrogen-bond acceptors (Lipinski definition) is 5. The van der Waals surface area contributed by atoms with Crippen LogP contribution in [0.2, 0.25) is 0 Å². The van der Waals surface area contributed by atoms with Gasteiger partial charge < -0.3 is 15.2 Å². The fraction of sp³-hybridized carbons (Fsp3) is 0.595. The van der Waals surface area contributed by atoms with Crippen LogP contribution in [0.4, 0.5) is 0 Å². The molecule has 1 atom stereocenters. The van der Waals surface area contributed by atoms with E-state index in [2.05, 4.69) is 48.7 Å². The quantitative estimate of drug-likeness (QED) is 0.0513. The summed E-state index contributed by atoms with van der Waals surface area (Å²) < 4.78 is 4.88. The summed E-state index contributed by atoms with van der Waals surface area (Å²) in [6.07, 6.45) is 26.5. The molecule has 0 saturated heterocycles. The predicted octanol–water partition coefficient (Wildman–Crippen LogP) is 9.70. The molecule has 6 nitrogen and oxygen atoms in total. The zero-order valence-corrected chi connectivity index (χ0v) is 28.6. The van der Waals surface area contributed by atoms with Gasteiger partial charge in [0.05, 0.1) is 4.75 Å². The van der Waals surface area contributed by atoms with Crippen LogP contribution >= 0.6 is 11.8 Å². The number of para-hydroxylation sites is 1. The van der Waals surface area contributed by atoms with Crippen LogP contribution in [0.3, 0.4) is 0 Å². The minimum atomic E-state index is -1.17. The summed E-state index contributed by atoms with van der Waals surface area (Å²) in [5.74, 6) is -0.967. The van der Waals surface area contributed by atoms with E-state index < -0.39 is 22.7 Å². The molecule has 2 N–H and O–H groups in total. The molecule has 0 aliphatic carbocycles. The lowest BCUT2D eigenvalue weighted by atomic mass is 9.98. The first-order chi connectivity index (χ1) is 21.2. The number of unbranched alkanes of at least 4 members (excludes halogenated alkanes) is 6. The van der Waals surface area contributed by atoms with E-state index >= 15 is 0 Å². The number of carboxylic acid groups (broad SMARTS) is 1. The Hall–Kier alpha value is -2.80. The predicted molar refractivity (Wildman–Crippen MR) is 185 cm³/mol. The lowest BCUT2D eigenvalue weighted by molar-refractivity contribution is -0.140. The summed E-state index contributed by atoms with van der Waals surface area (Å²) in [7, 11) is 0. The number of amides is 1. The van der Waals surface area contributed by atoms with E-state index in [4.69, 9.17) is 4.74 Å². The number of carboxylic acids is 1. The minimum absolute atomic E-state index is 0.0185. The highest BCUT2D eigenvalue weighted by molar-refractivity contribution is 8.01. The largest absolute Gasteiger partial charge is 0.478 e. The third kappa shape index (κ3) is 15.8. The van der Waals surface area contributed by atoms with E-state index in [1.54, 1.807) is 23.9 Å². The summed E-state index contributed by atoms with van der Waals surface area (Å²) in [5.41, 5.74) is -0.0889. The van der Waals surface area contributed by atoms with Crippen LogP contribution in [0.1, 0.15) is 128 Å². The second-order valence-electron chi connectivity index (χ2n) is 11.6. The molecule has 1 aromatic rings. The lowest BCUT2D eigenvalue weighted by Crippen LogP contribution is -2.52. The Balaban J connectivity index is 2.49. The van der Waals surface area contributed by atoms with Gasteiger partial charge >= 0.3 is 11.9 Å². The Morgan fingerprint density at radius 3 is 2.07 bits per heavy atom. The van der Waals surface area contributed by atoms with Crippen molar-refractivity contribution in [3.8, 4) is 5.75 Å². The van der Waals surface area contributed by atoms with Crippen molar-refractivity contribution in [3.63, 3.8) is 0 Å². The number of rotatable bonds is 24. The first kappa shape index (κ1) is 39.2. The van der Waals surface area contributed by atoms with Gasteiger partial charge in [0.25, 0.3) is 0 Å². The number of aromatic carboxylic acids is 1. The number of thioether (sulfide) groups is 1. The smallest absolute Gasteiger partial charge is 0.339 e. The maximum absolute atomic E-state index is 13.6. The number of esters is 1. The first-order valence-electron chi connectivity index (χ1n) is 16.6. The molecule has 246 valence electrons. The molecule has 0 bridgehead atoms. The monoisotopic (exact) mass is 627 g/mol.